The van der Waals surface area contributed by atoms with Gasteiger partial charge in [0.2, 0.25) is 5.13 Å². The minimum atomic E-state index is -0.516. The van der Waals surface area contributed by atoms with Crippen LogP contribution < -0.4 is 4.74 Å². The minimum Gasteiger partial charge on any atom is -0.489 e. The van der Waals surface area contributed by atoms with Gasteiger partial charge in [-0.05, 0) is 64.8 Å². The van der Waals surface area contributed by atoms with Gasteiger partial charge in [-0.2, -0.15) is 5.10 Å². The minimum absolute atomic E-state index is 0.0443. The molecule has 0 bridgehead atoms. The Morgan fingerprint density at radius 2 is 1.94 bits per heavy atom. The van der Waals surface area contributed by atoms with E-state index in [4.69, 9.17) is 21.1 Å². The van der Waals surface area contributed by atoms with Crippen LogP contribution in [0.3, 0.4) is 0 Å². The molecular weight excluding hydrogens is 462 g/mol. The van der Waals surface area contributed by atoms with Crippen molar-refractivity contribution in [1.82, 2.24) is 24.9 Å². The summed E-state index contributed by atoms with van der Waals surface area (Å²) < 4.78 is 13.1. The molecule has 10 heteroatoms. The summed E-state index contributed by atoms with van der Waals surface area (Å²) in [5.41, 5.74) is 2.51. The number of benzene rings is 1. The molecule has 0 atom stereocenters. The van der Waals surface area contributed by atoms with Crippen LogP contribution in [0.2, 0.25) is 5.02 Å². The van der Waals surface area contributed by atoms with Crippen molar-refractivity contribution in [3.8, 4) is 21.5 Å². The van der Waals surface area contributed by atoms with E-state index in [0.29, 0.717) is 41.8 Å². The Kier molecular flexibility index (Phi) is 6.63. The Hall–Kier alpha value is -2.65. The Morgan fingerprint density at radius 1 is 1.18 bits per heavy atom. The van der Waals surface area contributed by atoms with Crippen molar-refractivity contribution >= 4 is 29.0 Å². The quantitative estimate of drug-likeness (QED) is 0.503. The highest BCUT2D eigenvalue weighted by Crippen LogP contribution is 2.33. The molecule has 0 saturated heterocycles. The lowest BCUT2D eigenvalue weighted by Crippen LogP contribution is -2.38. The van der Waals surface area contributed by atoms with Gasteiger partial charge in [-0.25, -0.2) is 9.48 Å². The number of carbonyl (C=O) groups excluding carboxylic acids is 1. The third-order valence-corrected chi connectivity index (χ3v) is 6.26. The Labute approximate surface area is 202 Å². The molecule has 1 aliphatic rings. The van der Waals surface area contributed by atoms with Gasteiger partial charge in [0, 0.05) is 25.1 Å². The van der Waals surface area contributed by atoms with Crippen molar-refractivity contribution in [2.75, 3.05) is 13.1 Å². The molecule has 0 fully saturated rings. The second-order valence-electron chi connectivity index (χ2n) is 9.20. The van der Waals surface area contributed by atoms with Crippen LogP contribution in [0.1, 0.15) is 45.9 Å². The van der Waals surface area contributed by atoms with E-state index in [-0.39, 0.29) is 12.2 Å². The highest BCUT2D eigenvalue weighted by Gasteiger charge is 2.26. The number of fused-ring (bicyclic) bond motifs is 1. The lowest BCUT2D eigenvalue weighted by molar-refractivity contribution is 0.0258. The first-order chi connectivity index (χ1) is 15.6. The number of ether oxygens (including phenoxy) is 2. The van der Waals surface area contributed by atoms with E-state index in [0.717, 1.165) is 21.8 Å². The molecule has 33 heavy (non-hydrogen) atoms. The maximum absolute atomic E-state index is 12.5. The molecule has 1 aromatic carbocycles. The maximum Gasteiger partial charge on any atom is 0.410 e. The average molecular weight is 490 g/mol. The van der Waals surface area contributed by atoms with Gasteiger partial charge in [0.05, 0.1) is 23.0 Å². The molecule has 4 rings (SSSR count). The standard InChI is InChI=1S/C23H28ClN5O3S/c1-14(2)31-19-7-6-15(12-17(19)24)20-26-27-21(33-20)29-18-9-11-28(10-8-16(18)13-25-29)22(30)32-23(3,4)5/h6-7,12-14H,8-11H2,1-5H3. The van der Waals surface area contributed by atoms with Crippen LogP contribution in [-0.4, -0.2) is 55.8 Å². The van der Waals surface area contributed by atoms with E-state index in [9.17, 15) is 4.79 Å². The number of carbonyl (C=O) groups is 1. The van der Waals surface area contributed by atoms with E-state index < -0.39 is 5.60 Å². The highest BCUT2D eigenvalue weighted by molar-refractivity contribution is 7.17. The van der Waals surface area contributed by atoms with Crippen molar-refractivity contribution in [2.24, 2.45) is 0 Å². The van der Waals surface area contributed by atoms with E-state index in [1.165, 1.54) is 11.3 Å². The van der Waals surface area contributed by atoms with E-state index in [1.54, 1.807) is 4.90 Å². The lowest BCUT2D eigenvalue weighted by atomic mass is 10.2. The van der Waals surface area contributed by atoms with Gasteiger partial charge < -0.3 is 14.4 Å². The molecule has 2 aromatic heterocycles. The number of halogens is 1. The molecule has 3 heterocycles. The third kappa shape index (κ3) is 5.47. The molecule has 0 radical (unpaired) electrons. The van der Waals surface area contributed by atoms with Crippen LogP contribution in [0.25, 0.3) is 15.7 Å². The number of aromatic nitrogens is 4. The second-order valence-corrected chi connectivity index (χ2v) is 10.6. The zero-order chi connectivity index (χ0) is 23.8. The molecule has 176 valence electrons. The zero-order valence-corrected chi connectivity index (χ0v) is 21.0. The topological polar surface area (TPSA) is 82.4 Å². The van der Waals surface area contributed by atoms with Crippen LogP contribution >= 0.6 is 22.9 Å². The Balaban J connectivity index is 1.52. The Morgan fingerprint density at radius 3 is 2.64 bits per heavy atom. The zero-order valence-electron chi connectivity index (χ0n) is 19.5. The van der Waals surface area contributed by atoms with Crippen LogP contribution in [0.4, 0.5) is 4.79 Å². The molecule has 0 spiro atoms. The summed E-state index contributed by atoms with van der Waals surface area (Å²) in [6.07, 6.45) is 2.99. The largest absolute Gasteiger partial charge is 0.489 e. The summed E-state index contributed by atoms with van der Waals surface area (Å²) >= 11 is 7.83. The summed E-state index contributed by atoms with van der Waals surface area (Å²) in [6.45, 7) is 10.7. The summed E-state index contributed by atoms with van der Waals surface area (Å²) in [5, 5.41) is 15.2. The molecule has 0 unspecified atom stereocenters. The molecular formula is C23H28ClN5O3S. The monoisotopic (exact) mass is 489 g/mol. The molecule has 1 amide bonds. The number of rotatable bonds is 4. The van der Waals surface area contributed by atoms with Crippen molar-refractivity contribution < 1.29 is 14.3 Å². The fourth-order valence-electron chi connectivity index (χ4n) is 3.57. The predicted molar refractivity (Wildman–Crippen MR) is 128 cm³/mol. The van der Waals surface area contributed by atoms with Crippen molar-refractivity contribution in [2.45, 2.75) is 59.2 Å². The van der Waals surface area contributed by atoms with Gasteiger partial charge in [0.15, 0.2) is 0 Å². The van der Waals surface area contributed by atoms with Gasteiger partial charge in [-0.15, -0.1) is 10.2 Å². The van der Waals surface area contributed by atoms with Crippen LogP contribution in [0.5, 0.6) is 5.75 Å². The maximum atomic E-state index is 12.5. The van der Waals surface area contributed by atoms with Gasteiger partial charge in [-0.3, -0.25) is 0 Å². The van der Waals surface area contributed by atoms with Gasteiger partial charge >= 0.3 is 6.09 Å². The average Bonchev–Trinajstić information content (AvgIpc) is 3.30. The fourth-order valence-corrected chi connectivity index (χ4v) is 4.62. The molecule has 8 nitrogen and oxygen atoms in total. The lowest BCUT2D eigenvalue weighted by Gasteiger charge is -2.26. The summed E-state index contributed by atoms with van der Waals surface area (Å²) in [5.74, 6) is 0.645. The molecule has 0 saturated carbocycles. The summed E-state index contributed by atoms with van der Waals surface area (Å²) in [6, 6.07) is 5.62. The molecule has 1 aliphatic heterocycles. The number of hydrogen-bond acceptors (Lipinski definition) is 7. The summed E-state index contributed by atoms with van der Waals surface area (Å²) in [4.78, 5) is 14.3. The summed E-state index contributed by atoms with van der Waals surface area (Å²) in [7, 11) is 0. The van der Waals surface area contributed by atoms with Gasteiger partial charge in [-0.1, -0.05) is 22.9 Å². The first-order valence-electron chi connectivity index (χ1n) is 10.9. The molecule has 3 aromatic rings. The Bertz CT molecular complexity index is 1150. The van der Waals surface area contributed by atoms with Crippen molar-refractivity contribution in [1.29, 1.82) is 0 Å². The van der Waals surface area contributed by atoms with Crippen LogP contribution in [-0.2, 0) is 17.6 Å². The first kappa shape index (κ1) is 23.5. The van der Waals surface area contributed by atoms with Gasteiger partial charge in [0.1, 0.15) is 16.4 Å². The normalized spacial score (nSPS) is 14.2. The van der Waals surface area contributed by atoms with Crippen molar-refractivity contribution in [3.05, 3.63) is 40.7 Å². The smallest absolute Gasteiger partial charge is 0.410 e. The highest BCUT2D eigenvalue weighted by atomic mass is 35.5. The van der Waals surface area contributed by atoms with E-state index >= 15 is 0 Å². The van der Waals surface area contributed by atoms with E-state index in [2.05, 4.69) is 15.3 Å². The van der Waals surface area contributed by atoms with Crippen LogP contribution in [0, 0.1) is 0 Å². The van der Waals surface area contributed by atoms with Crippen molar-refractivity contribution in [3.63, 3.8) is 0 Å². The molecule has 0 aliphatic carbocycles. The predicted octanol–water partition coefficient (Wildman–Crippen LogP) is 5.17. The first-order valence-corrected chi connectivity index (χ1v) is 12.1. The number of hydrogen-bond donors (Lipinski definition) is 0. The third-order valence-electron chi connectivity index (χ3n) is 5.01. The number of nitrogens with zero attached hydrogens (tertiary/aromatic N) is 5. The molecule has 0 N–H and O–H groups in total. The fraction of sp³-hybridized carbons (Fsp3) is 0.478. The second kappa shape index (κ2) is 9.30. The van der Waals surface area contributed by atoms with Crippen LogP contribution in [0.15, 0.2) is 24.4 Å². The van der Waals surface area contributed by atoms with E-state index in [1.807, 2.05) is 63.7 Å². The van der Waals surface area contributed by atoms with Gasteiger partial charge in [0.25, 0.3) is 0 Å². The number of amides is 1. The SMILES string of the molecule is CC(C)Oc1ccc(-c2nnc(-n3ncc4c3CCN(C(=O)OC(C)(C)C)CC4)s2)cc1Cl.